The predicted octanol–water partition coefficient (Wildman–Crippen LogP) is 1.25. The summed E-state index contributed by atoms with van der Waals surface area (Å²) in [6.45, 7) is 0.548. The molecule has 7 heteroatoms. The van der Waals surface area contributed by atoms with Crippen LogP contribution in [0.2, 0.25) is 0 Å². The van der Waals surface area contributed by atoms with Crippen LogP contribution in [-0.2, 0) is 0 Å². The van der Waals surface area contributed by atoms with E-state index in [-0.39, 0.29) is 17.0 Å². The van der Waals surface area contributed by atoms with Crippen molar-refractivity contribution in [1.82, 2.24) is 5.32 Å². The first-order chi connectivity index (χ1) is 9.04. The van der Waals surface area contributed by atoms with Crippen LogP contribution >= 0.6 is 0 Å². The number of nitro benzene ring substituents is 1. The van der Waals surface area contributed by atoms with Gasteiger partial charge in [-0.2, -0.15) is 0 Å². The van der Waals surface area contributed by atoms with E-state index < -0.39 is 11.0 Å². The molecule has 1 unspecified atom stereocenters. The molecule has 1 aromatic rings. The molecule has 1 atom stereocenters. The van der Waals surface area contributed by atoms with Crippen molar-refractivity contribution in [3.63, 3.8) is 0 Å². The molecular weight excluding hydrogens is 252 g/mol. The van der Waals surface area contributed by atoms with Crippen molar-refractivity contribution in [2.75, 3.05) is 27.8 Å². The number of aliphatic hydroxyl groups excluding tert-OH is 1. The van der Waals surface area contributed by atoms with E-state index in [2.05, 4.69) is 5.32 Å². The SMILES string of the molecule is CNCCC(O)c1cc(OC)c(OC)cc1[N+](=O)[O-]. The van der Waals surface area contributed by atoms with E-state index in [1.807, 2.05) is 0 Å². The fourth-order valence-electron chi connectivity index (χ4n) is 1.75. The second-order valence-electron chi connectivity index (χ2n) is 3.93. The molecule has 1 rings (SSSR count). The number of rotatable bonds is 7. The minimum atomic E-state index is -0.937. The van der Waals surface area contributed by atoms with Crippen LogP contribution in [-0.4, -0.2) is 37.8 Å². The van der Waals surface area contributed by atoms with Crippen molar-refractivity contribution in [3.8, 4) is 11.5 Å². The van der Waals surface area contributed by atoms with Gasteiger partial charge in [-0.15, -0.1) is 0 Å². The Kier molecular flexibility index (Phi) is 5.53. The zero-order valence-corrected chi connectivity index (χ0v) is 11.2. The highest BCUT2D eigenvalue weighted by atomic mass is 16.6. The van der Waals surface area contributed by atoms with Crippen LogP contribution in [0.1, 0.15) is 18.1 Å². The highest BCUT2D eigenvalue weighted by Gasteiger charge is 2.24. The first kappa shape index (κ1) is 15.2. The molecule has 0 heterocycles. The second kappa shape index (κ2) is 6.91. The Bertz CT molecular complexity index is 450. The molecule has 0 aliphatic heterocycles. The first-order valence-corrected chi connectivity index (χ1v) is 5.78. The normalized spacial score (nSPS) is 12.0. The van der Waals surface area contributed by atoms with E-state index in [9.17, 15) is 15.2 Å². The van der Waals surface area contributed by atoms with Gasteiger partial charge in [0.2, 0.25) is 0 Å². The van der Waals surface area contributed by atoms with Gasteiger partial charge in [-0.1, -0.05) is 0 Å². The molecule has 0 saturated heterocycles. The summed E-state index contributed by atoms with van der Waals surface area (Å²) in [6.07, 6.45) is -0.569. The number of methoxy groups -OCH3 is 2. The molecule has 7 nitrogen and oxygen atoms in total. The number of nitrogens with one attached hydrogen (secondary N) is 1. The van der Waals surface area contributed by atoms with Gasteiger partial charge in [0.1, 0.15) is 0 Å². The van der Waals surface area contributed by atoms with Crippen LogP contribution in [0.4, 0.5) is 5.69 Å². The molecular formula is C12H18N2O5. The van der Waals surface area contributed by atoms with Crippen LogP contribution in [0, 0.1) is 10.1 Å². The van der Waals surface area contributed by atoms with E-state index in [4.69, 9.17) is 9.47 Å². The monoisotopic (exact) mass is 270 g/mol. The van der Waals surface area contributed by atoms with E-state index in [1.165, 1.54) is 26.4 Å². The first-order valence-electron chi connectivity index (χ1n) is 5.78. The molecule has 0 aliphatic carbocycles. The third kappa shape index (κ3) is 3.55. The fourth-order valence-corrected chi connectivity index (χ4v) is 1.75. The van der Waals surface area contributed by atoms with E-state index in [1.54, 1.807) is 7.05 Å². The topological polar surface area (TPSA) is 93.9 Å². The van der Waals surface area contributed by atoms with Crippen molar-refractivity contribution >= 4 is 5.69 Å². The van der Waals surface area contributed by atoms with Crippen LogP contribution < -0.4 is 14.8 Å². The largest absolute Gasteiger partial charge is 0.493 e. The van der Waals surface area contributed by atoms with Crippen LogP contribution in [0.3, 0.4) is 0 Å². The Morgan fingerprint density at radius 2 is 1.95 bits per heavy atom. The Morgan fingerprint density at radius 1 is 1.37 bits per heavy atom. The van der Waals surface area contributed by atoms with E-state index in [0.29, 0.717) is 18.7 Å². The lowest BCUT2D eigenvalue weighted by atomic mass is 10.0. The van der Waals surface area contributed by atoms with Gasteiger partial charge in [0.05, 0.1) is 36.9 Å². The number of aliphatic hydroxyl groups is 1. The van der Waals surface area contributed by atoms with Gasteiger partial charge in [-0.3, -0.25) is 10.1 Å². The van der Waals surface area contributed by atoms with Gasteiger partial charge < -0.3 is 19.9 Å². The highest BCUT2D eigenvalue weighted by Crippen LogP contribution is 2.37. The summed E-state index contributed by atoms with van der Waals surface area (Å²) in [5.41, 5.74) is 0.0409. The molecule has 0 aliphatic rings. The zero-order valence-electron chi connectivity index (χ0n) is 11.2. The van der Waals surface area contributed by atoms with E-state index in [0.717, 1.165) is 0 Å². The number of hydrogen-bond donors (Lipinski definition) is 2. The van der Waals surface area contributed by atoms with Gasteiger partial charge in [-0.25, -0.2) is 0 Å². The minimum absolute atomic E-state index is 0.179. The summed E-state index contributed by atoms with van der Waals surface area (Å²) in [4.78, 5) is 10.5. The van der Waals surface area contributed by atoms with Crippen molar-refractivity contribution in [2.45, 2.75) is 12.5 Å². The Balaban J connectivity index is 3.23. The molecule has 0 fully saturated rings. The molecule has 0 bridgehead atoms. The number of benzene rings is 1. The smallest absolute Gasteiger partial charge is 0.279 e. The molecule has 106 valence electrons. The summed E-state index contributed by atoms with van der Waals surface area (Å²) in [6, 6.07) is 2.70. The van der Waals surface area contributed by atoms with Gasteiger partial charge >= 0.3 is 0 Å². The molecule has 0 spiro atoms. The van der Waals surface area contributed by atoms with E-state index >= 15 is 0 Å². The molecule has 0 amide bonds. The summed E-state index contributed by atoms with van der Waals surface area (Å²) in [5.74, 6) is 0.616. The lowest BCUT2D eigenvalue weighted by molar-refractivity contribution is -0.386. The Labute approximate surface area is 111 Å². The van der Waals surface area contributed by atoms with Crippen LogP contribution in [0.25, 0.3) is 0 Å². The third-order valence-electron chi connectivity index (χ3n) is 2.76. The highest BCUT2D eigenvalue weighted by molar-refractivity contribution is 5.55. The van der Waals surface area contributed by atoms with Crippen LogP contribution in [0.15, 0.2) is 12.1 Å². The molecule has 19 heavy (non-hydrogen) atoms. The zero-order chi connectivity index (χ0) is 14.4. The maximum Gasteiger partial charge on any atom is 0.279 e. The minimum Gasteiger partial charge on any atom is -0.493 e. The van der Waals surface area contributed by atoms with Crippen LogP contribution in [0.5, 0.6) is 11.5 Å². The number of nitro groups is 1. The lowest BCUT2D eigenvalue weighted by Gasteiger charge is -2.14. The summed E-state index contributed by atoms with van der Waals surface area (Å²) >= 11 is 0. The molecule has 0 aromatic heterocycles. The lowest BCUT2D eigenvalue weighted by Crippen LogP contribution is -2.13. The standard InChI is InChI=1S/C12H18N2O5/c1-13-5-4-10(15)8-6-11(18-2)12(19-3)7-9(8)14(16)17/h6-7,10,13,15H,4-5H2,1-3H3. The number of hydrogen-bond acceptors (Lipinski definition) is 6. The van der Waals surface area contributed by atoms with Crippen molar-refractivity contribution in [3.05, 3.63) is 27.8 Å². The summed E-state index contributed by atoms with van der Waals surface area (Å²) in [7, 11) is 4.59. The quantitative estimate of drug-likeness (QED) is 0.572. The predicted molar refractivity (Wildman–Crippen MR) is 69.7 cm³/mol. The van der Waals surface area contributed by atoms with Gasteiger partial charge in [-0.05, 0) is 26.1 Å². The summed E-state index contributed by atoms with van der Waals surface area (Å²) in [5, 5.41) is 24.0. The second-order valence-corrected chi connectivity index (χ2v) is 3.93. The number of ether oxygens (including phenoxy) is 2. The van der Waals surface area contributed by atoms with Gasteiger partial charge in [0.15, 0.2) is 11.5 Å². The molecule has 2 N–H and O–H groups in total. The average Bonchev–Trinajstić information content (AvgIpc) is 2.42. The van der Waals surface area contributed by atoms with Gasteiger partial charge in [0, 0.05) is 0 Å². The Hall–Kier alpha value is -1.86. The summed E-state index contributed by atoms with van der Waals surface area (Å²) < 4.78 is 10.1. The average molecular weight is 270 g/mol. The van der Waals surface area contributed by atoms with Crippen molar-refractivity contribution in [2.24, 2.45) is 0 Å². The third-order valence-corrected chi connectivity index (χ3v) is 2.76. The molecule has 0 radical (unpaired) electrons. The van der Waals surface area contributed by atoms with Crippen molar-refractivity contribution in [1.29, 1.82) is 0 Å². The molecule has 1 aromatic carbocycles. The Morgan fingerprint density at radius 3 is 2.42 bits per heavy atom. The molecule has 0 saturated carbocycles. The van der Waals surface area contributed by atoms with Gasteiger partial charge in [0.25, 0.3) is 5.69 Å². The fraction of sp³-hybridized carbons (Fsp3) is 0.500. The van der Waals surface area contributed by atoms with Crippen molar-refractivity contribution < 1.29 is 19.5 Å². The number of nitrogens with zero attached hydrogens (tertiary/aromatic N) is 1. The maximum atomic E-state index is 11.1. The maximum absolute atomic E-state index is 11.1.